The van der Waals surface area contributed by atoms with Crippen LogP contribution in [0.1, 0.15) is 57.5 Å². The van der Waals surface area contributed by atoms with Crippen molar-refractivity contribution < 1.29 is 0 Å². The molecule has 2 N–H and O–H groups in total. The molecule has 0 saturated heterocycles. The number of hydrogen-bond donors (Lipinski definition) is 2. The molecule has 9 heteroatoms. The van der Waals surface area contributed by atoms with Crippen molar-refractivity contribution in [2.45, 2.75) is 59.0 Å². The summed E-state index contributed by atoms with van der Waals surface area (Å²) < 4.78 is 3.48. The monoisotopic (exact) mass is 491 g/mol. The largest absolute Gasteiger partial charge is 0.324 e. The summed E-state index contributed by atoms with van der Waals surface area (Å²) in [5.74, 6) is 1.03. The standard InChI is InChI=1S/C26H30ClN7O/c1-15(2)33-24(35)19-14-29-25(30-17-11-16-13-28-10-9-18(16)20(27)12-17)32-23(19)34(33)22-8-6-7-21(31-22)26(3,4)5/h6-8,11-12,14-15,28H,9-10,13H2,1-5H3,(H,29,30,32). The summed E-state index contributed by atoms with van der Waals surface area (Å²) in [6.07, 6.45) is 2.49. The number of pyridine rings is 1. The predicted molar refractivity (Wildman–Crippen MR) is 140 cm³/mol. The van der Waals surface area contributed by atoms with E-state index < -0.39 is 0 Å². The van der Waals surface area contributed by atoms with Crippen molar-refractivity contribution in [2.75, 3.05) is 11.9 Å². The molecule has 0 atom stereocenters. The Hall–Kier alpha value is -3.23. The first kappa shape index (κ1) is 23.5. The minimum atomic E-state index is -0.146. The first-order valence-electron chi connectivity index (χ1n) is 11.9. The normalized spacial score (nSPS) is 13.9. The Labute approximate surface area is 209 Å². The van der Waals surface area contributed by atoms with Crippen LogP contribution in [0.3, 0.4) is 0 Å². The van der Waals surface area contributed by atoms with Crippen molar-refractivity contribution in [3.05, 3.63) is 68.7 Å². The van der Waals surface area contributed by atoms with Crippen LogP contribution in [0, 0.1) is 0 Å². The quantitative estimate of drug-likeness (QED) is 0.422. The van der Waals surface area contributed by atoms with Crippen LogP contribution in [-0.4, -0.2) is 30.9 Å². The van der Waals surface area contributed by atoms with Gasteiger partial charge in [-0.1, -0.05) is 38.4 Å². The average Bonchev–Trinajstić information content (AvgIpc) is 3.10. The molecule has 0 fully saturated rings. The van der Waals surface area contributed by atoms with E-state index in [0.29, 0.717) is 22.8 Å². The van der Waals surface area contributed by atoms with Gasteiger partial charge in [-0.3, -0.25) is 4.79 Å². The van der Waals surface area contributed by atoms with E-state index >= 15 is 0 Å². The van der Waals surface area contributed by atoms with Gasteiger partial charge in [0.1, 0.15) is 5.39 Å². The highest BCUT2D eigenvalue weighted by atomic mass is 35.5. The molecule has 5 rings (SSSR count). The van der Waals surface area contributed by atoms with Gasteiger partial charge in [0, 0.05) is 40.6 Å². The van der Waals surface area contributed by atoms with Crippen LogP contribution in [0.2, 0.25) is 5.02 Å². The van der Waals surface area contributed by atoms with Crippen LogP contribution in [0.5, 0.6) is 0 Å². The van der Waals surface area contributed by atoms with E-state index in [0.717, 1.165) is 35.9 Å². The lowest BCUT2D eigenvalue weighted by molar-refractivity contribution is 0.469. The molecule has 0 amide bonds. The Morgan fingerprint density at radius 3 is 2.71 bits per heavy atom. The van der Waals surface area contributed by atoms with Gasteiger partial charge >= 0.3 is 0 Å². The maximum absolute atomic E-state index is 13.3. The van der Waals surface area contributed by atoms with Crippen molar-refractivity contribution in [1.29, 1.82) is 0 Å². The number of aromatic nitrogens is 5. The summed E-state index contributed by atoms with van der Waals surface area (Å²) in [4.78, 5) is 27.4. The maximum atomic E-state index is 13.3. The molecule has 4 heterocycles. The zero-order valence-electron chi connectivity index (χ0n) is 20.7. The molecular formula is C26H30ClN7O. The molecule has 0 unspecified atom stereocenters. The van der Waals surface area contributed by atoms with E-state index in [1.807, 2.05) is 38.1 Å². The second kappa shape index (κ2) is 8.77. The minimum absolute atomic E-state index is 0.0971. The lowest BCUT2D eigenvalue weighted by Crippen LogP contribution is -2.25. The van der Waals surface area contributed by atoms with Gasteiger partial charge in [-0.15, -0.1) is 0 Å². The number of halogens is 1. The molecule has 4 aromatic rings. The molecule has 0 spiro atoms. The van der Waals surface area contributed by atoms with Crippen molar-refractivity contribution in [1.82, 2.24) is 29.6 Å². The second-order valence-corrected chi connectivity index (χ2v) is 10.7. The number of anilines is 2. The summed E-state index contributed by atoms with van der Waals surface area (Å²) in [7, 11) is 0. The Bertz CT molecular complexity index is 1480. The van der Waals surface area contributed by atoms with Crippen molar-refractivity contribution >= 4 is 34.3 Å². The molecule has 35 heavy (non-hydrogen) atoms. The van der Waals surface area contributed by atoms with E-state index in [-0.39, 0.29) is 17.0 Å². The predicted octanol–water partition coefficient (Wildman–Crippen LogP) is 4.90. The molecule has 0 bridgehead atoms. The van der Waals surface area contributed by atoms with Crippen molar-refractivity contribution in [2.24, 2.45) is 0 Å². The van der Waals surface area contributed by atoms with Crippen LogP contribution in [0.25, 0.3) is 16.9 Å². The molecule has 1 aliphatic rings. The zero-order chi connectivity index (χ0) is 24.9. The Morgan fingerprint density at radius 1 is 1.17 bits per heavy atom. The van der Waals surface area contributed by atoms with Gasteiger partial charge in [-0.05, 0) is 62.2 Å². The number of nitrogens with one attached hydrogen (secondary N) is 2. The molecule has 0 radical (unpaired) electrons. The molecule has 0 saturated carbocycles. The van der Waals surface area contributed by atoms with Gasteiger partial charge in [0.2, 0.25) is 5.95 Å². The third kappa shape index (κ3) is 4.32. The highest BCUT2D eigenvalue weighted by Crippen LogP contribution is 2.29. The number of fused-ring (bicyclic) bond motifs is 2. The van der Waals surface area contributed by atoms with E-state index in [1.165, 1.54) is 11.1 Å². The van der Waals surface area contributed by atoms with Gasteiger partial charge in [0.05, 0.1) is 0 Å². The summed E-state index contributed by atoms with van der Waals surface area (Å²) >= 11 is 6.56. The van der Waals surface area contributed by atoms with Crippen LogP contribution in [0.15, 0.2) is 41.3 Å². The smallest absolute Gasteiger partial charge is 0.278 e. The van der Waals surface area contributed by atoms with E-state index in [4.69, 9.17) is 21.6 Å². The maximum Gasteiger partial charge on any atom is 0.278 e. The Balaban J connectivity index is 1.64. The number of hydrogen-bond acceptors (Lipinski definition) is 6. The lowest BCUT2D eigenvalue weighted by atomic mass is 9.92. The fraction of sp³-hybridized carbons (Fsp3) is 0.385. The molecule has 1 aliphatic heterocycles. The minimum Gasteiger partial charge on any atom is -0.324 e. The number of nitrogens with zero attached hydrogens (tertiary/aromatic N) is 5. The molecule has 3 aromatic heterocycles. The van der Waals surface area contributed by atoms with Gasteiger partial charge in [-0.25, -0.2) is 19.3 Å². The first-order chi connectivity index (χ1) is 16.6. The first-order valence-corrected chi connectivity index (χ1v) is 12.3. The lowest BCUT2D eigenvalue weighted by Gasteiger charge is -2.20. The fourth-order valence-electron chi connectivity index (χ4n) is 4.47. The van der Waals surface area contributed by atoms with Crippen molar-refractivity contribution in [3.63, 3.8) is 0 Å². The van der Waals surface area contributed by atoms with Crippen LogP contribution in [-0.2, 0) is 18.4 Å². The highest BCUT2D eigenvalue weighted by Gasteiger charge is 2.22. The van der Waals surface area contributed by atoms with E-state index in [2.05, 4.69) is 42.5 Å². The Kier molecular flexibility index (Phi) is 5.89. The van der Waals surface area contributed by atoms with E-state index in [1.54, 1.807) is 15.6 Å². The number of benzene rings is 1. The van der Waals surface area contributed by atoms with Crippen LogP contribution in [0.4, 0.5) is 11.6 Å². The molecule has 1 aromatic carbocycles. The van der Waals surface area contributed by atoms with Gasteiger partial charge in [0.15, 0.2) is 11.5 Å². The second-order valence-electron chi connectivity index (χ2n) is 10.3. The molecule has 182 valence electrons. The molecular weight excluding hydrogens is 462 g/mol. The zero-order valence-corrected chi connectivity index (χ0v) is 21.4. The topological polar surface area (TPSA) is 89.7 Å². The molecule has 0 aliphatic carbocycles. The third-order valence-electron chi connectivity index (χ3n) is 6.24. The van der Waals surface area contributed by atoms with Gasteiger partial charge in [-0.2, -0.15) is 4.98 Å². The van der Waals surface area contributed by atoms with Crippen LogP contribution >= 0.6 is 11.6 Å². The fourth-order valence-corrected chi connectivity index (χ4v) is 4.81. The summed E-state index contributed by atoms with van der Waals surface area (Å²) in [6.45, 7) is 12.0. The molecule has 8 nitrogen and oxygen atoms in total. The summed E-state index contributed by atoms with van der Waals surface area (Å²) in [5.41, 5.74) is 4.31. The summed E-state index contributed by atoms with van der Waals surface area (Å²) in [6, 6.07) is 9.75. The van der Waals surface area contributed by atoms with Gasteiger partial charge < -0.3 is 10.6 Å². The van der Waals surface area contributed by atoms with Crippen LogP contribution < -0.4 is 16.2 Å². The number of rotatable bonds is 4. The Morgan fingerprint density at radius 2 is 1.97 bits per heavy atom. The SMILES string of the molecule is CC(C)n1c(=O)c2cnc(Nc3cc(Cl)c4c(c3)CNCC4)nc2n1-c1cccc(C(C)(C)C)n1. The van der Waals surface area contributed by atoms with Crippen molar-refractivity contribution in [3.8, 4) is 5.82 Å². The summed E-state index contributed by atoms with van der Waals surface area (Å²) in [5, 5.41) is 7.84. The van der Waals surface area contributed by atoms with Gasteiger partial charge in [0.25, 0.3) is 5.56 Å². The van der Waals surface area contributed by atoms with E-state index in [9.17, 15) is 4.79 Å². The third-order valence-corrected chi connectivity index (χ3v) is 6.58. The average molecular weight is 492 g/mol. The highest BCUT2D eigenvalue weighted by molar-refractivity contribution is 6.31.